The van der Waals surface area contributed by atoms with E-state index >= 15 is 0 Å². The number of nitrogens with two attached hydrogens (primary N) is 1. The number of hydrogen-bond acceptors (Lipinski definition) is 5. The number of carbonyl (C=O) groups is 1. The first-order valence-electron chi connectivity index (χ1n) is 3.96. The molecule has 6 nitrogen and oxygen atoms in total. The third-order valence-corrected chi connectivity index (χ3v) is 1.86. The summed E-state index contributed by atoms with van der Waals surface area (Å²) in [5, 5.41) is 19.2. The molecule has 0 aliphatic carbocycles. The SMILES string of the molecule is CC(=O)c1cc(N)c(C#N)cc1[N+](=O)[O-]. The van der Waals surface area contributed by atoms with E-state index in [0.717, 1.165) is 12.1 Å². The van der Waals surface area contributed by atoms with Crippen LogP contribution >= 0.6 is 0 Å². The largest absolute Gasteiger partial charge is 0.398 e. The van der Waals surface area contributed by atoms with Gasteiger partial charge in [0, 0.05) is 6.07 Å². The molecule has 0 saturated heterocycles. The number of nitrogen functional groups attached to an aromatic ring is 1. The predicted molar refractivity (Wildman–Crippen MR) is 52.2 cm³/mol. The van der Waals surface area contributed by atoms with Gasteiger partial charge in [0.15, 0.2) is 5.78 Å². The second-order valence-corrected chi connectivity index (χ2v) is 2.88. The van der Waals surface area contributed by atoms with E-state index in [-0.39, 0.29) is 16.8 Å². The summed E-state index contributed by atoms with van der Waals surface area (Å²) in [5.74, 6) is -0.460. The van der Waals surface area contributed by atoms with E-state index in [2.05, 4.69) is 0 Å². The summed E-state index contributed by atoms with van der Waals surface area (Å²) >= 11 is 0. The third kappa shape index (κ3) is 1.91. The fourth-order valence-corrected chi connectivity index (χ4v) is 1.13. The standard InChI is InChI=1S/C9H7N3O3/c1-5(13)7-3-8(11)6(4-10)2-9(7)12(14)15/h2-3H,11H2,1H3. The first-order valence-corrected chi connectivity index (χ1v) is 3.96. The number of nitro benzene ring substituents is 1. The third-order valence-electron chi connectivity index (χ3n) is 1.86. The van der Waals surface area contributed by atoms with Crippen molar-refractivity contribution in [1.82, 2.24) is 0 Å². The quantitative estimate of drug-likeness (QED) is 0.338. The van der Waals surface area contributed by atoms with Crippen LogP contribution in [-0.2, 0) is 0 Å². The maximum Gasteiger partial charge on any atom is 0.281 e. The Morgan fingerprint density at radius 2 is 2.20 bits per heavy atom. The molecule has 0 atom stereocenters. The minimum absolute atomic E-state index is 0.00769. The summed E-state index contributed by atoms with van der Waals surface area (Å²) in [6.07, 6.45) is 0. The van der Waals surface area contributed by atoms with E-state index < -0.39 is 16.4 Å². The molecule has 0 saturated carbocycles. The number of anilines is 1. The van der Waals surface area contributed by atoms with Crippen LogP contribution < -0.4 is 5.73 Å². The van der Waals surface area contributed by atoms with Crippen molar-refractivity contribution in [3.63, 3.8) is 0 Å². The van der Waals surface area contributed by atoms with Gasteiger partial charge in [-0.1, -0.05) is 0 Å². The van der Waals surface area contributed by atoms with Crippen LogP contribution in [0.3, 0.4) is 0 Å². The van der Waals surface area contributed by atoms with Crippen LogP contribution in [-0.4, -0.2) is 10.7 Å². The Balaban J connectivity index is 3.54. The molecule has 0 unspecified atom stereocenters. The van der Waals surface area contributed by atoms with Gasteiger partial charge in [-0.25, -0.2) is 0 Å². The van der Waals surface area contributed by atoms with Crippen molar-refractivity contribution >= 4 is 17.2 Å². The Morgan fingerprint density at radius 3 is 2.60 bits per heavy atom. The number of nitriles is 1. The molecule has 1 rings (SSSR count). The maximum absolute atomic E-state index is 11.1. The summed E-state index contributed by atoms with van der Waals surface area (Å²) in [5.41, 5.74) is 5.02. The fourth-order valence-electron chi connectivity index (χ4n) is 1.13. The van der Waals surface area contributed by atoms with E-state index in [1.807, 2.05) is 0 Å². The average molecular weight is 205 g/mol. The Kier molecular flexibility index (Phi) is 2.67. The minimum atomic E-state index is -0.711. The zero-order chi connectivity index (χ0) is 11.6. The monoisotopic (exact) mass is 205 g/mol. The molecule has 2 N–H and O–H groups in total. The lowest BCUT2D eigenvalue weighted by Gasteiger charge is -2.02. The van der Waals surface area contributed by atoms with Crippen molar-refractivity contribution in [3.8, 4) is 6.07 Å². The maximum atomic E-state index is 11.1. The highest BCUT2D eigenvalue weighted by molar-refractivity contribution is 5.99. The topological polar surface area (TPSA) is 110 Å². The molecule has 76 valence electrons. The Hall–Kier alpha value is -2.42. The Morgan fingerprint density at radius 1 is 1.60 bits per heavy atom. The van der Waals surface area contributed by atoms with Gasteiger partial charge in [-0.2, -0.15) is 5.26 Å². The fraction of sp³-hybridized carbons (Fsp3) is 0.111. The van der Waals surface area contributed by atoms with Gasteiger partial charge in [0.05, 0.1) is 21.7 Å². The van der Waals surface area contributed by atoms with Gasteiger partial charge in [-0.3, -0.25) is 14.9 Å². The second-order valence-electron chi connectivity index (χ2n) is 2.88. The number of nitrogens with zero attached hydrogens (tertiary/aromatic N) is 2. The number of nitro groups is 1. The van der Waals surface area contributed by atoms with Crippen molar-refractivity contribution in [2.75, 3.05) is 5.73 Å². The molecule has 1 aromatic carbocycles. The van der Waals surface area contributed by atoms with Gasteiger partial charge in [0.1, 0.15) is 6.07 Å². The van der Waals surface area contributed by atoms with E-state index in [9.17, 15) is 14.9 Å². The van der Waals surface area contributed by atoms with Gasteiger partial charge in [0.2, 0.25) is 0 Å². The molecule has 0 heterocycles. The van der Waals surface area contributed by atoms with Crippen LogP contribution in [0.5, 0.6) is 0 Å². The normalized spacial score (nSPS) is 9.33. The molecule has 0 aromatic heterocycles. The number of Topliss-reactive ketones (excluding diaryl/α,β-unsaturated/α-hetero) is 1. The van der Waals surface area contributed by atoms with Crippen LogP contribution in [0.1, 0.15) is 22.8 Å². The van der Waals surface area contributed by atoms with Crippen molar-refractivity contribution in [2.45, 2.75) is 6.92 Å². The molecule has 0 fully saturated rings. The zero-order valence-corrected chi connectivity index (χ0v) is 7.85. The average Bonchev–Trinajstić information content (AvgIpc) is 2.16. The molecule has 6 heteroatoms. The summed E-state index contributed by atoms with van der Waals surface area (Å²) in [6, 6.07) is 3.87. The first kappa shape index (κ1) is 10.7. The van der Waals surface area contributed by atoms with Crippen LogP contribution in [0.25, 0.3) is 0 Å². The van der Waals surface area contributed by atoms with Gasteiger partial charge in [-0.05, 0) is 13.0 Å². The zero-order valence-electron chi connectivity index (χ0n) is 7.85. The predicted octanol–water partition coefficient (Wildman–Crippen LogP) is 1.25. The van der Waals surface area contributed by atoms with Gasteiger partial charge in [0.25, 0.3) is 5.69 Å². The molecular formula is C9H7N3O3. The number of rotatable bonds is 2. The number of ketones is 1. The molecule has 0 radical (unpaired) electrons. The van der Waals surface area contributed by atoms with Crippen molar-refractivity contribution in [1.29, 1.82) is 5.26 Å². The summed E-state index contributed by atoms with van der Waals surface area (Å²) < 4.78 is 0. The second kappa shape index (κ2) is 3.75. The van der Waals surface area contributed by atoms with Gasteiger partial charge >= 0.3 is 0 Å². The highest BCUT2D eigenvalue weighted by Gasteiger charge is 2.19. The lowest BCUT2D eigenvalue weighted by Crippen LogP contribution is -2.03. The van der Waals surface area contributed by atoms with Crippen LogP contribution in [0.4, 0.5) is 11.4 Å². The molecule has 0 aliphatic heterocycles. The number of carbonyl (C=O) groups excluding carboxylic acids is 1. The highest BCUT2D eigenvalue weighted by Crippen LogP contribution is 2.25. The van der Waals surface area contributed by atoms with Crippen LogP contribution in [0.15, 0.2) is 12.1 Å². The van der Waals surface area contributed by atoms with E-state index in [1.165, 1.54) is 6.92 Å². The van der Waals surface area contributed by atoms with Crippen LogP contribution in [0.2, 0.25) is 0 Å². The number of hydrogen-bond donors (Lipinski definition) is 1. The smallest absolute Gasteiger partial charge is 0.281 e. The molecular weight excluding hydrogens is 198 g/mol. The van der Waals surface area contributed by atoms with Crippen molar-refractivity contribution < 1.29 is 9.72 Å². The Labute approximate surface area is 85.1 Å². The van der Waals surface area contributed by atoms with E-state index in [4.69, 9.17) is 11.0 Å². The lowest BCUT2D eigenvalue weighted by atomic mass is 10.0. The molecule has 0 aliphatic rings. The van der Waals surface area contributed by atoms with Crippen molar-refractivity contribution in [2.24, 2.45) is 0 Å². The molecule has 0 bridgehead atoms. The van der Waals surface area contributed by atoms with E-state index in [0.29, 0.717) is 0 Å². The summed E-state index contributed by atoms with van der Waals surface area (Å²) in [7, 11) is 0. The molecule has 1 aromatic rings. The minimum Gasteiger partial charge on any atom is -0.398 e. The summed E-state index contributed by atoms with van der Waals surface area (Å²) in [6.45, 7) is 1.20. The first-order chi connectivity index (χ1) is 6.97. The van der Waals surface area contributed by atoms with Gasteiger partial charge < -0.3 is 5.73 Å². The van der Waals surface area contributed by atoms with Crippen LogP contribution in [0, 0.1) is 21.4 Å². The van der Waals surface area contributed by atoms with Crippen molar-refractivity contribution in [3.05, 3.63) is 33.4 Å². The molecule has 0 spiro atoms. The molecule has 0 amide bonds. The Bertz CT molecular complexity index is 488. The van der Waals surface area contributed by atoms with E-state index in [1.54, 1.807) is 6.07 Å². The lowest BCUT2D eigenvalue weighted by molar-refractivity contribution is -0.385. The summed E-state index contributed by atoms with van der Waals surface area (Å²) in [4.78, 5) is 21.0. The number of benzene rings is 1. The molecule has 15 heavy (non-hydrogen) atoms. The highest BCUT2D eigenvalue weighted by atomic mass is 16.6. The van der Waals surface area contributed by atoms with Gasteiger partial charge in [-0.15, -0.1) is 0 Å².